The van der Waals surface area contributed by atoms with Gasteiger partial charge in [-0.2, -0.15) is 0 Å². The molecule has 1 saturated heterocycles. The quantitative estimate of drug-likeness (QED) is 0.492. The van der Waals surface area contributed by atoms with Crippen LogP contribution in [0.2, 0.25) is 0 Å². The van der Waals surface area contributed by atoms with Gasteiger partial charge in [-0.3, -0.25) is 14.8 Å². The highest BCUT2D eigenvalue weighted by molar-refractivity contribution is 5.95. The van der Waals surface area contributed by atoms with Gasteiger partial charge >= 0.3 is 0 Å². The minimum atomic E-state index is 0.00637. The Labute approximate surface area is 197 Å². The van der Waals surface area contributed by atoms with Gasteiger partial charge in [-0.05, 0) is 42.8 Å². The molecule has 0 atom stereocenters. The first-order chi connectivity index (χ1) is 16.7. The molecule has 0 aliphatic carbocycles. The van der Waals surface area contributed by atoms with Crippen LogP contribution in [0, 0.1) is 6.92 Å². The van der Waals surface area contributed by atoms with Gasteiger partial charge in [-0.25, -0.2) is 15.0 Å². The Bertz CT molecular complexity index is 1270. The van der Waals surface area contributed by atoms with Gasteiger partial charge < -0.3 is 15.1 Å². The lowest BCUT2D eigenvalue weighted by atomic mass is 10.1. The normalized spacial score (nSPS) is 13.6. The van der Waals surface area contributed by atoms with E-state index in [0.717, 1.165) is 41.4 Å². The molecule has 1 amide bonds. The van der Waals surface area contributed by atoms with E-state index in [9.17, 15) is 4.79 Å². The Hall–Kier alpha value is -4.40. The Morgan fingerprint density at radius 3 is 2.53 bits per heavy atom. The standard InChI is InChI=1S/C25H24N8O/c1-18-4-5-19(24(34)33-13-11-32(12-14-33)23-17-27-9-10-28-23)15-22(18)31-25-29-8-6-21(30-25)20-3-2-7-26-16-20/h2-10,15-17H,11-14H2,1H3,(H,29,30,31). The molecule has 3 aromatic heterocycles. The molecule has 9 heteroatoms. The summed E-state index contributed by atoms with van der Waals surface area (Å²) in [6.45, 7) is 4.68. The molecule has 4 heterocycles. The molecule has 0 saturated carbocycles. The highest BCUT2D eigenvalue weighted by Crippen LogP contribution is 2.23. The molecular weight excluding hydrogens is 428 g/mol. The lowest BCUT2D eigenvalue weighted by molar-refractivity contribution is 0.0746. The van der Waals surface area contributed by atoms with Crippen molar-refractivity contribution in [3.8, 4) is 11.3 Å². The minimum absolute atomic E-state index is 0.00637. The number of carbonyl (C=O) groups excluding carboxylic acids is 1. The molecule has 4 aromatic rings. The number of rotatable bonds is 5. The first-order valence-corrected chi connectivity index (χ1v) is 11.1. The number of hydrogen-bond donors (Lipinski definition) is 1. The molecule has 0 radical (unpaired) electrons. The van der Waals surface area contributed by atoms with Crippen molar-refractivity contribution in [1.29, 1.82) is 0 Å². The second-order valence-corrected chi connectivity index (χ2v) is 8.00. The number of aromatic nitrogens is 5. The van der Waals surface area contributed by atoms with E-state index in [2.05, 4.69) is 35.1 Å². The molecule has 1 aliphatic rings. The summed E-state index contributed by atoms with van der Waals surface area (Å²) < 4.78 is 0. The zero-order chi connectivity index (χ0) is 23.3. The fourth-order valence-electron chi connectivity index (χ4n) is 3.88. The van der Waals surface area contributed by atoms with Crippen LogP contribution in [0.15, 0.2) is 73.6 Å². The zero-order valence-electron chi connectivity index (χ0n) is 18.8. The summed E-state index contributed by atoms with van der Waals surface area (Å²) >= 11 is 0. The Kier molecular flexibility index (Phi) is 6.07. The van der Waals surface area contributed by atoms with Crippen LogP contribution in [-0.2, 0) is 0 Å². The SMILES string of the molecule is Cc1ccc(C(=O)N2CCN(c3cnccn3)CC2)cc1Nc1nccc(-c2cccnc2)n1. The summed E-state index contributed by atoms with van der Waals surface area (Å²) in [6.07, 6.45) is 10.3. The fourth-order valence-corrected chi connectivity index (χ4v) is 3.88. The molecule has 0 spiro atoms. The van der Waals surface area contributed by atoms with Gasteiger partial charge in [0.25, 0.3) is 5.91 Å². The highest BCUT2D eigenvalue weighted by atomic mass is 16.2. The average molecular weight is 453 g/mol. The summed E-state index contributed by atoms with van der Waals surface area (Å²) in [5.41, 5.74) is 4.11. The predicted octanol–water partition coefficient (Wildman–Crippen LogP) is 3.34. The lowest BCUT2D eigenvalue weighted by Gasteiger charge is -2.35. The van der Waals surface area contributed by atoms with Gasteiger partial charge in [0.05, 0.1) is 11.9 Å². The van der Waals surface area contributed by atoms with E-state index in [1.807, 2.05) is 48.2 Å². The number of hydrogen-bond acceptors (Lipinski definition) is 8. The summed E-state index contributed by atoms with van der Waals surface area (Å²) in [7, 11) is 0. The van der Waals surface area contributed by atoms with Crippen molar-refractivity contribution in [3.05, 3.63) is 84.7 Å². The smallest absolute Gasteiger partial charge is 0.254 e. The average Bonchev–Trinajstić information content (AvgIpc) is 2.91. The molecule has 170 valence electrons. The van der Waals surface area contributed by atoms with Crippen LogP contribution in [0.3, 0.4) is 0 Å². The molecule has 9 nitrogen and oxygen atoms in total. The highest BCUT2D eigenvalue weighted by Gasteiger charge is 2.23. The van der Waals surface area contributed by atoms with E-state index in [-0.39, 0.29) is 5.91 Å². The van der Waals surface area contributed by atoms with E-state index in [0.29, 0.717) is 24.6 Å². The predicted molar refractivity (Wildman–Crippen MR) is 130 cm³/mol. The van der Waals surface area contributed by atoms with Gasteiger partial charge in [0.2, 0.25) is 5.95 Å². The molecule has 1 aliphatic heterocycles. The number of piperazine rings is 1. The first kappa shape index (κ1) is 21.4. The van der Waals surface area contributed by atoms with Crippen LogP contribution in [-0.4, -0.2) is 61.9 Å². The number of carbonyl (C=O) groups is 1. The van der Waals surface area contributed by atoms with E-state index < -0.39 is 0 Å². The molecule has 1 fully saturated rings. The van der Waals surface area contributed by atoms with Crippen molar-refractivity contribution in [2.24, 2.45) is 0 Å². The van der Waals surface area contributed by atoms with Crippen LogP contribution in [0.1, 0.15) is 15.9 Å². The third kappa shape index (κ3) is 4.68. The van der Waals surface area contributed by atoms with Crippen molar-refractivity contribution in [2.75, 3.05) is 36.4 Å². The zero-order valence-corrected chi connectivity index (χ0v) is 18.8. The van der Waals surface area contributed by atoms with Gasteiger partial charge in [0, 0.05) is 74.0 Å². The summed E-state index contributed by atoms with van der Waals surface area (Å²) in [6, 6.07) is 11.3. The molecular formula is C25H24N8O. The van der Waals surface area contributed by atoms with Crippen molar-refractivity contribution >= 4 is 23.4 Å². The Balaban J connectivity index is 1.29. The number of nitrogens with one attached hydrogen (secondary N) is 1. The van der Waals surface area contributed by atoms with Crippen molar-refractivity contribution in [3.63, 3.8) is 0 Å². The number of nitrogens with zero attached hydrogens (tertiary/aromatic N) is 7. The monoisotopic (exact) mass is 452 g/mol. The Morgan fingerprint density at radius 2 is 1.76 bits per heavy atom. The topological polar surface area (TPSA) is 100 Å². The summed E-state index contributed by atoms with van der Waals surface area (Å²) in [4.78, 5) is 38.8. The molecule has 34 heavy (non-hydrogen) atoms. The van der Waals surface area contributed by atoms with Gasteiger partial charge in [-0.1, -0.05) is 6.07 Å². The lowest BCUT2D eigenvalue weighted by Crippen LogP contribution is -2.49. The van der Waals surface area contributed by atoms with E-state index in [1.165, 1.54) is 0 Å². The second-order valence-electron chi connectivity index (χ2n) is 8.00. The van der Waals surface area contributed by atoms with Crippen LogP contribution in [0.25, 0.3) is 11.3 Å². The summed E-state index contributed by atoms with van der Waals surface area (Å²) in [5.74, 6) is 1.31. The number of aryl methyl sites for hydroxylation is 1. The number of pyridine rings is 1. The third-order valence-electron chi connectivity index (χ3n) is 5.78. The Morgan fingerprint density at radius 1 is 0.912 bits per heavy atom. The maximum absolute atomic E-state index is 13.2. The maximum Gasteiger partial charge on any atom is 0.254 e. The number of benzene rings is 1. The largest absolute Gasteiger partial charge is 0.352 e. The fraction of sp³-hybridized carbons (Fsp3) is 0.200. The third-order valence-corrected chi connectivity index (χ3v) is 5.78. The summed E-state index contributed by atoms with van der Waals surface area (Å²) in [5, 5.41) is 3.27. The second kappa shape index (κ2) is 9.62. The van der Waals surface area contributed by atoms with E-state index in [1.54, 1.807) is 37.2 Å². The molecule has 5 rings (SSSR count). The molecule has 0 unspecified atom stereocenters. The number of anilines is 3. The van der Waals surface area contributed by atoms with E-state index in [4.69, 9.17) is 0 Å². The van der Waals surface area contributed by atoms with Crippen LogP contribution >= 0.6 is 0 Å². The molecule has 1 aromatic carbocycles. The maximum atomic E-state index is 13.2. The van der Waals surface area contributed by atoms with Gasteiger partial charge in [0.1, 0.15) is 5.82 Å². The van der Waals surface area contributed by atoms with Crippen molar-refractivity contribution < 1.29 is 4.79 Å². The van der Waals surface area contributed by atoms with Gasteiger partial charge in [0.15, 0.2) is 0 Å². The van der Waals surface area contributed by atoms with Crippen LogP contribution in [0.4, 0.5) is 17.5 Å². The minimum Gasteiger partial charge on any atom is -0.352 e. The van der Waals surface area contributed by atoms with Crippen molar-refractivity contribution in [2.45, 2.75) is 6.92 Å². The van der Waals surface area contributed by atoms with E-state index >= 15 is 0 Å². The number of amides is 1. The molecule has 0 bridgehead atoms. The first-order valence-electron chi connectivity index (χ1n) is 11.1. The van der Waals surface area contributed by atoms with Gasteiger partial charge in [-0.15, -0.1) is 0 Å². The van der Waals surface area contributed by atoms with Crippen LogP contribution < -0.4 is 10.2 Å². The van der Waals surface area contributed by atoms with Crippen LogP contribution in [0.5, 0.6) is 0 Å². The molecule has 1 N–H and O–H groups in total. The van der Waals surface area contributed by atoms with Crippen molar-refractivity contribution in [1.82, 2.24) is 29.8 Å².